The maximum atomic E-state index is 12.9. The topological polar surface area (TPSA) is 40.6 Å². The van der Waals surface area contributed by atoms with E-state index >= 15 is 0 Å². The molecule has 1 saturated heterocycles. The molecule has 0 unspecified atom stereocenters. The van der Waals surface area contributed by atoms with E-state index in [4.69, 9.17) is 0 Å². The minimum Gasteiger partial charge on any atom is -0.349 e. The molecule has 0 aromatic heterocycles. The minimum absolute atomic E-state index is 0.0386. The van der Waals surface area contributed by atoms with Gasteiger partial charge in [0.1, 0.15) is 5.82 Å². The number of carbonyl (C=O) groups excluding carboxylic acids is 2. The van der Waals surface area contributed by atoms with Crippen LogP contribution >= 0.6 is 0 Å². The molecule has 2 atom stereocenters. The van der Waals surface area contributed by atoms with E-state index in [1.807, 2.05) is 6.92 Å². The smallest absolute Gasteiger partial charge is 0.227 e. The van der Waals surface area contributed by atoms with Crippen molar-refractivity contribution in [2.45, 2.75) is 25.7 Å². The van der Waals surface area contributed by atoms with E-state index in [0.29, 0.717) is 19.5 Å². The Kier molecular flexibility index (Phi) is 5.16. The van der Waals surface area contributed by atoms with Crippen molar-refractivity contribution in [3.8, 4) is 0 Å². The average Bonchev–Trinajstić information content (AvgIpc) is 2.96. The monoisotopic (exact) mass is 306 g/mol. The molecule has 0 radical (unpaired) electrons. The standard InChI is InChI=1S/C17H23FN2O2/c1-12(13-4-6-15(18)7-5-13)10-16(21)20-9-8-14(11-20)17(22)19(2)3/h4-7,12,14H,8-11H2,1-3H3/t12-,14+/m1/s1. The van der Waals surface area contributed by atoms with Crippen molar-refractivity contribution < 1.29 is 14.0 Å². The number of amides is 2. The number of carbonyl (C=O) groups is 2. The second-order valence-corrected chi connectivity index (χ2v) is 6.21. The van der Waals surface area contributed by atoms with Crippen molar-refractivity contribution in [3.63, 3.8) is 0 Å². The minimum atomic E-state index is -0.271. The Balaban J connectivity index is 1.90. The van der Waals surface area contributed by atoms with Gasteiger partial charge in [-0.3, -0.25) is 9.59 Å². The number of rotatable bonds is 4. The SMILES string of the molecule is C[C@H](CC(=O)N1CC[C@H](C(=O)N(C)C)C1)c1ccc(F)cc1. The molecule has 1 heterocycles. The molecule has 4 nitrogen and oxygen atoms in total. The van der Waals surface area contributed by atoms with Crippen LogP contribution in [0.15, 0.2) is 24.3 Å². The van der Waals surface area contributed by atoms with E-state index in [0.717, 1.165) is 12.0 Å². The van der Waals surface area contributed by atoms with Crippen LogP contribution in [-0.2, 0) is 9.59 Å². The van der Waals surface area contributed by atoms with Crippen molar-refractivity contribution in [2.75, 3.05) is 27.2 Å². The second-order valence-electron chi connectivity index (χ2n) is 6.21. The third-order valence-corrected chi connectivity index (χ3v) is 4.25. The summed E-state index contributed by atoms with van der Waals surface area (Å²) in [6.45, 7) is 3.11. The zero-order chi connectivity index (χ0) is 16.3. The lowest BCUT2D eigenvalue weighted by Gasteiger charge is -2.20. The first-order chi connectivity index (χ1) is 10.4. The Bertz CT molecular complexity index is 542. The van der Waals surface area contributed by atoms with Gasteiger partial charge in [0, 0.05) is 33.6 Å². The molecule has 0 N–H and O–H groups in total. The summed E-state index contributed by atoms with van der Waals surface area (Å²) in [6, 6.07) is 6.27. The molecule has 2 amide bonds. The number of likely N-dealkylation sites (tertiary alicyclic amines) is 1. The highest BCUT2D eigenvalue weighted by atomic mass is 19.1. The fourth-order valence-corrected chi connectivity index (χ4v) is 2.85. The molecule has 2 rings (SSSR count). The van der Waals surface area contributed by atoms with Gasteiger partial charge in [-0.25, -0.2) is 4.39 Å². The number of nitrogens with zero attached hydrogens (tertiary/aromatic N) is 2. The molecule has 0 aliphatic carbocycles. The quantitative estimate of drug-likeness (QED) is 0.856. The summed E-state index contributed by atoms with van der Waals surface area (Å²) in [4.78, 5) is 27.7. The van der Waals surface area contributed by atoms with Crippen LogP contribution in [0.4, 0.5) is 4.39 Å². The summed E-state index contributed by atoms with van der Waals surface area (Å²) >= 11 is 0. The highest BCUT2D eigenvalue weighted by molar-refractivity contribution is 5.82. The van der Waals surface area contributed by atoms with Crippen LogP contribution in [0.25, 0.3) is 0 Å². The Labute approximate surface area is 130 Å². The highest BCUT2D eigenvalue weighted by Crippen LogP contribution is 2.24. The fourth-order valence-electron chi connectivity index (χ4n) is 2.85. The molecule has 0 spiro atoms. The van der Waals surface area contributed by atoms with Gasteiger partial charge in [-0.1, -0.05) is 19.1 Å². The number of hydrogen-bond donors (Lipinski definition) is 0. The summed E-state index contributed by atoms with van der Waals surface area (Å²) in [5.74, 6) is -0.170. The van der Waals surface area contributed by atoms with Crippen LogP contribution < -0.4 is 0 Å². The van der Waals surface area contributed by atoms with Crippen molar-refractivity contribution in [2.24, 2.45) is 5.92 Å². The van der Waals surface area contributed by atoms with Crippen molar-refractivity contribution in [1.29, 1.82) is 0 Å². The van der Waals surface area contributed by atoms with Gasteiger partial charge in [-0.05, 0) is 30.0 Å². The van der Waals surface area contributed by atoms with Crippen LogP contribution in [0.2, 0.25) is 0 Å². The second kappa shape index (κ2) is 6.90. The molecular formula is C17H23FN2O2. The number of halogens is 1. The van der Waals surface area contributed by atoms with E-state index in [-0.39, 0.29) is 29.5 Å². The van der Waals surface area contributed by atoms with E-state index in [9.17, 15) is 14.0 Å². The summed E-state index contributed by atoms with van der Waals surface area (Å²) in [5, 5.41) is 0. The molecule has 1 aliphatic rings. The normalized spacial score (nSPS) is 19.1. The van der Waals surface area contributed by atoms with E-state index in [1.165, 1.54) is 12.1 Å². The Morgan fingerprint density at radius 3 is 2.55 bits per heavy atom. The van der Waals surface area contributed by atoms with Gasteiger partial charge in [0.05, 0.1) is 5.92 Å². The summed E-state index contributed by atoms with van der Waals surface area (Å²) in [6.07, 6.45) is 1.11. The molecule has 1 fully saturated rings. The first kappa shape index (κ1) is 16.5. The fraction of sp³-hybridized carbons (Fsp3) is 0.529. The van der Waals surface area contributed by atoms with Crippen molar-refractivity contribution in [1.82, 2.24) is 9.80 Å². The van der Waals surface area contributed by atoms with Crippen LogP contribution in [0.5, 0.6) is 0 Å². The van der Waals surface area contributed by atoms with Gasteiger partial charge >= 0.3 is 0 Å². The molecule has 1 aliphatic heterocycles. The van der Waals surface area contributed by atoms with Gasteiger partial charge in [0.2, 0.25) is 11.8 Å². The van der Waals surface area contributed by atoms with Gasteiger partial charge in [0.15, 0.2) is 0 Å². The van der Waals surface area contributed by atoms with Gasteiger partial charge < -0.3 is 9.80 Å². The summed E-state index contributed by atoms with van der Waals surface area (Å²) in [5.41, 5.74) is 0.954. The lowest BCUT2D eigenvalue weighted by molar-refractivity contribution is -0.133. The van der Waals surface area contributed by atoms with Crippen LogP contribution in [-0.4, -0.2) is 48.8 Å². The van der Waals surface area contributed by atoms with Gasteiger partial charge in [0.25, 0.3) is 0 Å². The number of hydrogen-bond acceptors (Lipinski definition) is 2. The molecule has 1 aromatic carbocycles. The zero-order valence-corrected chi connectivity index (χ0v) is 13.4. The average molecular weight is 306 g/mol. The Morgan fingerprint density at radius 2 is 1.95 bits per heavy atom. The predicted molar refractivity (Wildman–Crippen MR) is 82.8 cm³/mol. The van der Waals surface area contributed by atoms with Crippen LogP contribution in [0.3, 0.4) is 0 Å². The van der Waals surface area contributed by atoms with Crippen LogP contribution in [0, 0.1) is 11.7 Å². The van der Waals surface area contributed by atoms with E-state index in [1.54, 1.807) is 36.0 Å². The summed E-state index contributed by atoms with van der Waals surface area (Å²) < 4.78 is 12.9. The zero-order valence-electron chi connectivity index (χ0n) is 13.4. The molecule has 22 heavy (non-hydrogen) atoms. The largest absolute Gasteiger partial charge is 0.349 e. The third kappa shape index (κ3) is 3.84. The molecular weight excluding hydrogens is 283 g/mol. The molecule has 120 valence electrons. The maximum Gasteiger partial charge on any atom is 0.227 e. The summed E-state index contributed by atoms with van der Waals surface area (Å²) in [7, 11) is 3.48. The Morgan fingerprint density at radius 1 is 1.32 bits per heavy atom. The maximum absolute atomic E-state index is 12.9. The third-order valence-electron chi connectivity index (χ3n) is 4.25. The molecule has 0 saturated carbocycles. The van der Waals surface area contributed by atoms with Gasteiger partial charge in [-0.15, -0.1) is 0 Å². The van der Waals surface area contributed by atoms with Crippen LogP contribution in [0.1, 0.15) is 31.2 Å². The van der Waals surface area contributed by atoms with E-state index < -0.39 is 0 Å². The van der Waals surface area contributed by atoms with E-state index in [2.05, 4.69) is 0 Å². The molecule has 5 heteroatoms. The Hall–Kier alpha value is -1.91. The van der Waals surface area contributed by atoms with Crippen molar-refractivity contribution in [3.05, 3.63) is 35.6 Å². The molecule has 0 bridgehead atoms. The molecule has 1 aromatic rings. The first-order valence-electron chi connectivity index (χ1n) is 7.63. The lowest BCUT2D eigenvalue weighted by Crippen LogP contribution is -2.34. The van der Waals surface area contributed by atoms with Crippen molar-refractivity contribution >= 4 is 11.8 Å². The predicted octanol–water partition coefficient (Wildman–Crippen LogP) is 2.26. The number of benzene rings is 1. The lowest BCUT2D eigenvalue weighted by atomic mass is 9.97. The highest BCUT2D eigenvalue weighted by Gasteiger charge is 2.32. The first-order valence-corrected chi connectivity index (χ1v) is 7.63. The van der Waals surface area contributed by atoms with Gasteiger partial charge in [-0.2, -0.15) is 0 Å².